The van der Waals surface area contributed by atoms with Gasteiger partial charge >= 0.3 is 6.36 Å². The number of hydrogen-bond acceptors (Lipinski definition) is 6. The maximum atomic E-state index is 12.7. The molecule has 1 heterocycles. The molecular formula is C18H27F4N3O6. The van der Waals surface area contributed by atoms with Gasteiger partial charge in [-0.1, -0.05) is 13.8 Å². The van der Waals surface area contributed by atoms with Gasteiger partial charge in [-0.3, -0.25) is 23.9 Å². The van der Waals surface area contributed by atoms with Gasteiger partial charge in [0.1, 0.15) is 19.3 Å². The molecule has 0 bridgehead atoms. The number of aliphatic hydroxyl groups is 1. The molecule has 13 heteroatoms. The number of alkyl halides is 4. The summed E-state index contributed by atoms with van der Waals surface area (Å²) in [5.74, 6) is -4.43. The van der Waals surface area contributed by atoms with E-state index in [2.05, 4.69) is 20.7 Å². The summed E-state index contributed by atoms with van der Waals surface area (Å²) in [6.07, 6.45) is -6.95. The Morgan fingerprint density at radius 3 is 2.29 bits per heavy atom. The van der Waals surface area contributed by atoms with Gasteiger partial charge in [0.05, 0.1) is 6.04 Å². The molecule has 0 unspecified atom stereocenters. The van der Waals surface area contributed by atoms with Crippen molar-refractivity contribution in [1.29, 1.82) is 0 Å². The summed E-state index contributed by atoms with van der Waals surface area (Å²) in [6, 6.07) is -2.77. The van der Waals surface area contributed by atoms with E-state index in [0.717, 1.165) is 0 Å². The molecule has 9 nitrogen and oxygen atoms in total. The molecule has 0 aliphatic carbocycles. The fraction of sp³-hybridized carbons (Fsp3) is 0.778. The van der Waals surface area contributed by atoms with Crippen LogP contribution in [-0.2, 0) is 23.9 Å². The second-order valence-corrected chi connectivity index (χ2v) is 7.64. The van der Waals surface area contributed by atoms with E-state index in [4.69, 9.17) is 0 Å². The third-order valence-corrected chi connectivity index (χ3v) is 4.56. The molecule has 0 aromatic carbocycles. The lowest BCUT2D eigenvalue weighted by atomic mass is 9.95. The molecule has 178 valence electrons. The normalized spacial score (nSPS) is 19.5. The summed E-state index contributed by atoms with van der Waals surface area (Å²) in [5.41, 5.74) is 0. The van der Waals surface area contributed by atoms with Crippen molar-refractivity contribution in [2.24, 2.45) is 11.8 Å². The number of ether oxygens (including phenoxy) is 1. The second kappa shape index (κ2) is 11.9. The van der Waals surface area contributed by atoms with Crippen LogP contribution in [0.15, 0.2) is 0 Å². The zero-order valence-electron chi connectivity index (χ0n) is 17.1. The number of ketones is 1. The zero-order valence-corrected chi connectivity index (χ0v) is 17.1. The summed E-state index contributed by atoms with van der Waals surface area (Å²) in [6.45, 7) is 0.991. The van der Waals surface area contributed by atoms with Crippen molar-refractivity contribution in [3.8, 4) is 0 Å². The Balaban J connectivity index is 2.95. The number of carbonyl (C=O) groups is 4. The molecular weight excluding hydrogens is 430 g/mol. The molecule has 1 aliphatic rings. The van der Waals surface area contributed by atoms with Crippen molar-refractivity contribution in [2.45, 2.75) is 57.7 Å². The molecule has 1 aliphatic heterocycles. The van der Waals surface area contributed by atoms with Crippen molar-refractivity contribution in [1.82, 2.24) is 16.0 Å². The average molecular weight is 457 g/mol. The fourth-order valence-electron chi connectivity index (χ4n) is 2.99. The largest absolute Gasteiger partial charge is 0.522 e. The third kappa shape index (κ3) is 9.59. The Morgan fingerprint density at radius 1 is 1.19 bits per heavy atom. The van der Waals surface area contributed by atoms with E-state index in [9.17, 15) is 41.8 Å². The van der Waals surface area contributed by atoms with Crippen molar-refractivity contribution in [2.75, 3.05) is 19.8 Å². The minimum atomic E-state index is -5.06. The highest BCUT2D eigenvalue weighted by Crippen LogP contribution is 2.19. The van der Waals surface area contributed by atoms with E-state index >= 15 is 0 Å². The van der Waals surface area contributed by atoms with Gasteiger partial charge in [0.2, 0.25) is 11.8 Å². The van der Waals surface area contributed by atoms with Gasteiger partial charge in [-0.15, -0.1) is 13.2 Å². The summed E-state index contributed by atoms with van der Waals surface area (Å²) >= 11 is 0. The molecule has 4 N–H and O–H groups in total. The predicted octanol–water partition coefficient (Wildman–Crippen LogP) is -0.0358. The molecule has 1 saturated heterocycles. The van der Waals surface area contributed by atoms with Gasteiger partial charge in [0, 0.05) is 12.5 Å². The highest BCUT2D eigenvalue weighted by molar-refractivity contribution is 5.94. The Bertz CT molecular complexity index is 659. The molecule has 0 aromatic heterocycles. The SMILES string of the molecule is CC(C)C[C@H](NC(=O)[C@H](O)CF)C(=O)N[C@@H](C[C@@H]1CCNC1=O)C(=O)COC(F)(F)F. The Labute approximate surface area is 176 Å². The topological polar surface area (TPSA) is 134 Å². The summed E-state index contributed by atoms with van der Waals surface area (Å²) in [5, 5.41) is 16.2. The van der Waals surface area contributed by atoms with Crippen LogP contribution in [0, 0.1) is 11.8 Å². The molecule has 0 aromatic rings. The maximum absolute atomic E-state index is 12.7. The first-order chi connectivity index (χ1) is 14.3. The number of rotatable bonds is 12. The summed E-state index contributed by atoms with van der Waals surface area (Å²) < 4.78 is 53.0. The van der Waals surface area contributed by atoms with Crippen molar-refractivity contribution < 1.29 is 46.6 Å². The van der Waals surface area contributed by atoms with E-state index in [1.54, 1.807) is 13.8 Å². The van der Waals surface area contributed by atoms with Gasteiger partial charge in [0.15, 0.2) is 11.9 Å². The van der Waals surface area contributed by atoms with E-state index in [-0.39, 0.29) is 18.8 Å². The summed E-state index contributed by atoms with van der Waals surface area (Å²) in [4.78, 5) is 48.6. The van der Waals surface area contributed by atoms with Crippen LogP contribution in [0.1, 0.15) is 33.1 Å². The first kappa shape index (κ1) is 26.8. The number of nitrogens with one attached hydrogen (secondary N) is 3. The maximum Gasteiger partial charge on any atom is 0.522 e. The molecule has 1 rings (SSSR count). The van der Waals surface area contributed by atoms with Crippen LogP contribution >= 0.6 is 0 Å². The van der Waals surface area contributed by atoms with E-state index < -0.39 is 67.3 Å². The Kier molecular flexibility index (Phi) is 10.3. The number of aliphatic hydroxyl groups excluding tert-OH is 1. The lowest BCUT2D eigenvalue weighted by Gasteiger charge is -2.25. The quantitative estimate of drug-likeness (QED) is 0.304. The molecule has 4 atom stereocenters. The van der Waals surface area contributed by atoms with Crippen LogP contribution < -0.4 is 16.0 Å². The molecule has 3 amide bonds. The highest BCUT2D eigenvalue weighted by Gasteiger charge is 2.36. The van der Waals surface area contributed by atoms with E-state index in [1.807, 2.05) is 0 Å². The van der Waals surface area contributed by atoms with Crippen LogP contribution in [0.2, 0.25) is 0 Å². The molecule has 0 spiro atoms. The van der Waals surface area contributed by atoms with Gasteiger partial charge in [-0.05, 0) is 25.2 Å². The number of Topliss-reactive ketones (excluding diaryl/α,β-unsaturated/α-hetero) is 1. The second-order valence-electron chi connectivity index (χ2n) is 7.64. The van der Waals surface area contributed by atoms with Crippen molar-refractivity contribution in [3.63, 3.8) is 0 Å². The van der Waals surface area contributed by atoms with Crippen LogP contribution in [0.4, 0.5) is 17.6 Å². The minimum Gasteiger partial charge on any atom is -0.381 e. The highest BCUT2D eigenvalue weighted by atomic mass is 19.4. The fourth-order valence-corrected chi connectivity index (χ4v) is 2.99. The molecule has 0 radical (unpaired) electrons. The number of carbonyl (C=O) groups excluding carboxylic acids is 4. The standard InChI is InChI=1S/C18H27F4N3O6/c1-9(2)5-12(25-17(30)13(26)7-19)16(29)24-11(6-10-3-4-23-15(10)28)14(27)8-31-18(20,21)22/h9-13,26H,3-8H2,1-2H3,(H,23,28)(H,24,29)(H,25,30)/t10-,11-,12-,13+/m0/s1. The van der Waals surface area contributed by atoms with Crippen LogP contribution in [-0.4, -0.2) is 73.0 Å². The van der Waals surface area contributed by atoms with Gasteiger partial charge in [0.25, 0.3) is 5.91 Å². The smallest absolute Gasteiger partial charge is 0.381 e. The lowest BCUT2D eigenvalue weighted by molar-refractivity contribution is -0.321. The van der Waals surface area contributed by atoms with E-state index in [1.165, 1.54) is 0 Å². The first-order valence-electron chi connectivity index (χ1n) is 9.70. The predicted molar refractivity (Wildman–Crippen MR) is 98.0 cm³/mol. The van der Waals surface area contributed by atoms with Crippen LogP contribution in [0.3, 0.4) is 0 Å². The Hall–Kier alpha value is -2.28. The number of halogens is 4. The minimum absolute atomic E-state index is 0.0421. The third-order valence-electron chi connectivity index (χ3n) is 4.56. The zero-order chi connectivity index (χ0) is 23.8. The first-order valence-corrected chi connectivity index (χ1v) is 9.70. The lowest BCUT2D eigenvalue weighted by Crippen LogP contribution is -2.54. The number of hydrogen-bond donors (Lipinski definition) is 4. The molecule has 0 saturated carbocycles. The van der Waals surface area contributed by atoms with Crippen molar-refractivity contribution >= 4 is 23.5 Å². The van der Waals surface area contributed by atoms with Gasteiger partial charge in [-0.25, -0.2) is 4.39 Å². The van der Waals surface area contributed by atoms with Gasteiger partial charge < -0.3 is 21.1 Å². The summed E-state index contributed by atoms with van der Waals surface area (Å²) in [7, 11) is 0. The van der Waals surface area contributed by atoms with Crippen LogP contribution in [0.25, 0.3) is 0 Å². The van der Waals surface area contributed by atoms with Crippen LogP contribution in [0.5, 0.6) is 0 Å². The molecule has 1 fully saturated rings. The molecule has 31 heavy (non-hydrogen) atoms. The monoisotopic (exact) mass is 457 g/mol. The van der Waals surface area contributed by atoms with Gasteiger partial charge in [-0.2, -0.15) is 0 Å². The van der Waals surface area contributed by atoms with E-state index in [0.29, 0.717) is 13.0 Å². The Morgan fingerprint density at radius 2 is 1.81 bits per heavy atom. The average Bonchev–Trinajstić information content (AvgIpc) is 3.07. The van der Waals surface area contributed by atoms with Crippen molar-refractivity contribution in [3.05, 3.63) is 0 Å². The number of amides is 3.